The van der Waals surface area contributed by atoms with E-state index in [-0.39, 0.29) is 17.6 Å². The van der Waals surface area contributed by atoms with Crippen molar-refractivity contribution in [3.8, 4) is 0 Å². The summed E-state index contributed by atoms with van der Waals surface area (Å²) in [4.78, 5) is 14.5. The van der Waals surface area contributed by atoms with Crippen LogP contribution in [0.4, 0.5) is 0 Å². The number of aliphatic hydroxyl groups excluding tert-OH is 1. The molecule has 0 bridgehead atoms. The maximum atomic E-state index is 12.5. The Hall–Kier alpha value is -2.51. The Morgan fingerprint density at radius 1 is 1.28 bits per heavy atom. The summed E-state index contributed by atoms with van der Waals surface area (Å²) in [5.41, 5.74) is 1.75. The van der Waals surface area contributed by atoms with Crippen LogP contribution in [0.3, 0.4) is 0 Å². The van der Waals surface area contributed by atoms with Gasteiger partial charge in [-0.3, -0.25) is 9.69 Å². The lowest BCUT2D eigenvalue weighted by Gasteiger charge is -2.21. The Morgan fingerprint density at radius 3 is 2.72 bits per heavy atom. The summed E-state index contributed by atoms with van der Waals surface area (Å²) in [6.07, 6.45) is -0.719. The predicted octanol–water partition coefficient (Wildman–Crippen LogP) is 1.49. The van der Waals surface area contributed by atoms with E-state index in [1.54, 1.807) is 13.8 Å². The topological polar surface area (TPSA) is 84.4 Å². The molecule has 3 aromatic rings. The maximum Gasteiger partial charge on any atom is 0.296 e. The molecule has 7 nitrogen and oxygen atoms in total. The number of hydrogen-bond acceptors (Lipinski definition) is 6. The van der Waals surface area contributed by atoms with Gasteiger partial charge in [-0.05, 0) is 26.5 Å². The summed E-state index contributed by atoms with van der Waals surface area (Å²) in [5.74, 6) is 0.576. The first-order valence-corrected chi connectivity index (χ1v) is 8.20. The minimum absolute atomic E-state index is 0.112. The van der Waals surface area contributed by atoms with E-state index in [9.17, 15) is 9.90 Å². The molecule has 0 saturated heterocycles. The molecule has 1 N–H and O–H groups in total. The van der Waals surface area contributed by atoms with Gasteiger partial charge in [0.15, 0.2) is 5.52 Å². The van der Waals surface area contributed by atoms with E-state index < -0.39 is 6.10 Å². The lowest BCUT2D eigenvalue weighted by Crippen LogP contribution is -2.36. The van der Waals surface area contributed by atoms with E-state index >= 15 is 0 Å². The standard InChI is InChI=1S/C18H22N4O3/c1-12-16-13(2)25-20-17(16)18(24)22(19-12)11-15(23)10-21(3)9-14-7-5-4-6-8-14/h4-8,15,23H,9-11H2,1-3H3. The van der Waals surface area contributed by atoms with Gasteiger partial charge >= 0.3 is 0 Å². The Kier molecular flexibility index (Phi) is 4.96. The van der Waals surface area contributed by atoms with Gasteiger partial charge in [-0.2, -0.15) is 5.10 Å². The Balaban J connectivity index is 1.70. The maximum absolute atomic E-state index is 12.5. The third-order valence-electron chi connectivity index (χ3n) is 4.13. The van der Waals surface area contributed by atoms with Gasteiger partial charge in [-0.15, -0.1) is 0 Å². The summed E-state index contributed by atoms with van der Waals surface area (Å²) in [7, 11) is 1.93. The second-order valence-corrected chi connectivity index (χ2v) is 6.37. The number of aryl methyl sites for hydroxylation is 2. The highest BCUT2D eigenvalue weighted by Crippen LogP contribution is 2.16. The van der Waals surface area contributed by atoms with Gasteiger partial charge in [0.25, 0.3) is 5.56 Å². The molecule has 0 saturated carbocycles. The number of nitrogens with zero attached hydrogens (tertiary/aromatic N) is 4. The molecule has 25 heavy (non-hydrogen) atoms. The van der Waals surface area contributed by atoms with E-state index in [2.05, 4.69) is 10.3 Å². The first-order valence-electron chi connectivity index (χ1n) is 8.20. The van der Waals surface area contributed by atoms with Crippen LogP contribution in [-0.4, -0.2) is 44.6 Å². The number of likely N-dealkylation sites (N-methyl/N-ethyl adjacent to an activating group) is 1. The van der Waals surface area contributed by atoms with Crippen molar-refractivity contribution >= 4 is 10.9 Å². The van der Waals surface area contributed by atoms with E-state index in [4.69, 9.17) is 4.52 Å². The fraction of sp³-hybridized carbons (Fsp3) is 0.389. The fourth-order valence-electron chi connectivity index (χ4n) is 3.04. The smallest absolute Gasteiger partial charge is 0.296 e. The van der Waals surface area contributed by atoms with Crippen LogP contribution in [0.5, 0.6) is 0 Å². The van der Waals surface area contributed by atoms with Crippen LogP contribution >= 0.6 is 0 Å². The number of hydrogen-bond donors (Lipinski definition) is 1. The number of aliphatic hydroxyl groups is 1. The van der Waals surface area contributed by atoms with Crippen LogP contribution in [0.1, 0.15) is 17.0 Å². The second-order valence-electron chi connectivity index (χ2n) is 6.37. The highest BCUT2D eigenvalue weighted by atomic mass is 16.5. The molecule has 0 spiro atoms. The highest BCUT2D eigenvalue weighted by molar-refractivity contribution is 5.81. The van der Waals surface area contributed by atoms with Gasteiger partial charge in [0.2, 0.25) is 0 Å². The first kappa shape index (κ1) is 17.3. The monoisotopic (exact) mass is 342 g/mol. The lowest BCUT2D eigenvalue weighted by atomic mass is 10.2. The highest BCUT2D eigenvalue weighted by Gasteiger charge is 2.17. The quantitative estimate of drug-likeness (QED) is 0.731. The van der Waals surface area contributed by atoms with Crippen molar-refractivity contribution in [1.82, 2.24) is 19.8 Å². The summed E-state index contributed by atoms with van der Waals surface area (Å²) >= 11 is 0. The predicted molar refractivity (Wildman–Crippen MR) is 94.3 cm³/mol. The molecule has 1 unspecified atom stereocenters. The number of aromatic nitrogens is 3. The summed E-state index contributed by atoms with van der Waals surface area (Å²) in [5, 5.41) is 19.1. The molecule has 0 aliphatic carbocycles. The fourth-order valence-corrected chi connectivity index (χ4v) is 3.04. The van der Waals surface area contributed by atoms with Gasteiger partial charge in [0, 0.05) is 13.1 Å². The third-order valence-corrected chi connectivity index (χ3v) is 4.13. The van der Waals surface area contributed by atoms with Crippen molar-refractivity contribution < 1.29 is 9.63 Å². The molecule has 0 amide bonds. The Bertz CT molecular complexity index is 917. The van der Waals surface area contributed by atoms with Crippen molar-refractivity contribution in [2.24, 2.45) is 0 Å². The molecule has 0 aliphatic heterocycles. The molecule has 132 valence electrons. The summed E-state index contributed by atoms with van der Waals surface area (Å²) in [6.45, 7) is 4.82. The van der Waals surface area contributed by atoms with E-state index in [1.807, 2.05) is 42.3 Å². The molecule has 0 aliphatic rings. The third kappa shape index (κ3) is 3.78. The number of rotatable bonds is 6. The zero-order valence-corrected chi connectivity index (χ0v) is 14.6. The molecule has 0 radical (unpaired) electrons. The minimum Gasteiger partial charge on any atom is -0.390 e. The molecule has 2 heterocycles. The van der Waals surface area contributed by atoms with Crippen LogP contribution in [-0.2, 0) is 13.1 Å². The largest absolute Gasteiger partial charge is 0.390 e. The molecule has 7 heteroatoms. The molecule has 0 fully saturated rings. The van der Waals surface area contributed by atoms with Crippen LogP contribution in [0, 0.1) is 13.8 Å². The van der Waals surface area contributed by atoms with Gasteiger partial charge in [0.05, 0.1) is 23.7 Å². The van der Waals surface area contributed by atoms with Gasteiger partial charge in [-0.25, -0.2) is 4.68 Å². The van der Waals surface area contributed by atoms with Crippen LogP contribution in [0.25, 0.3) is 10.9 Å². The molecule has 3 rings (SSSR count). The van der Waals surface area contributed by atoms with E-state index in [1.165, 1.54) is 10.2 Å². The first-order chi connectivity index (χ1) is 12.0. The zero-order chi connectivity index (χ0) is 18.0. The van der Waals surface area contributed by atoms with Crippen LogP contribution in [0.15, 0.2) is 39.6 Å². The van der Waals surface area contributed by atoms with E-state index in [0.29, 0.717) is 23.4 Å². The van der Waals surface area contributed by atoms with Crippen molar-refractivity contribution in [1.29, 1.82) is 0 Å². The SMILES string of the molecule is Cc1nn(CC(O)CN(C)Cc2ccccc2)c(=O)c2noc(C)c12. The van der Waals surface area contributed by atoms with Crippen LogP contribution in [0.2, 0.25) is 0 Å². The molecular weight excluding hydrogens is 320 g/mol. The Labute approximate surface area is 145 Å². The van der Waals surface area contributed by atoms with Crippen molar-refractivity contribution in [3.05, 3.63) is 57.7 Å². The normalized spacial score (nSPS) is 12.8. The second kappa shape index (κ2) is 7.16. The van der Waals surface area contributed by atoms with Gasteiger partial charge in [-0.1, -0.05) is 35.5 Å². The van der Waals surface area contributed by atoms with Gasteiger partial charge < -0.3 is 9.63 Å². The average Bonchev–Trinajstić information content (AvgIpc) is 2.95. The number of benzene rings is 1. The Morgan fingerprint density at radius 2 is 2.00 bits per heavy atom. The molecular formula is C18H22N4O3. The molecule has 2 aromatic heterocycles. The lowest BCUT2D eigenvalue weighted by molar-refractivity contribution is 0.102. The van der Waals surface area contributed by atoms with Crippen LogP contribution < -0.4 is 5.56 Å². The number of fused-ring (bicyclic) bond motifs is 1. The summed E-state index contributed by atoms with van der Waals surface area (Å²) < 4.78 is 6.36. The summed E-state index contributed by atoms with van der Waals surface area (Å²) in [6, 6.07) is 10.0. The molecule has 1 aromatic carbocycles. The van der Waals surface area contributed by atoms with E-state index in [0.717, 1.165) is 6.54 Å². The minimum atomic E-state index is -0.719. The molecule has 1 atom stereocenters. The van der Waals surface area contributed by atoms with Gasteiger partial charge in [0.1, 0.15) is 5.76 Å². The van der Waals surface area contributed by atoms with Crippen molar-refractivity contribution in [2.45, 2.75) is 33.0 Å². The average molecular weight is 342 g/mol. The van der Waals surface area contributed by atoms with Crippen molar-refractivity contribution in [2.75, 3.05) is 13.6 Å². The van der Waals surface area contributed by atoms with Crippen molar-refractivity contribution in [3.63, 3.8) is 0 Å². The zero-order valence-electron chi connectivity index (χ0n) is 14.6.